The second-order valence-corrected chi connectivity index (χ2v) is 15.7. The number of hydrogen-bond acceptors (Lipinski definition) is 7. The number of rotatable bonds is 6. The van der Waals surface area contributed by atoms with Crippen LogP contribution in [-0.2, 0) is 16.1 Å². The normalized spacial score (nSPS) is 24.6. The Bertz CT molecular complexity index is 2210. The van der Waals surface area contributed by atoms with Gasteiger partial charge in [0.15, 0.2) is 0 Å². The molecular weight excluding hydrogens is 654 g/mol. The van der Waals surface area contributed by atoms with Crippen molar-refractivity contribution in [2.75, 3.05) is 14.2 Å². The first-order valence-corrected chi connectivity index (χ1v) is 18.8. The first-order valence-electron chi connectivity index (χ1n) is 18.8. The average Bonchev–Trinajstić information content (AvgIpc) is 3.98. The molecule has 3 unspecified atom stereocenters. The van der Waals surface area contributed by atoms with Crippen molar-refractivity contribution in [1.82, 2.24) is 35.1 Å². The first-order chi connectivity index (χ1) is 25.2. The number of aromatic nitrogens is 4. The van der Waals surface area contributed by atoms with Crippen molar-refractivity contribution in [2.45, 2.75) is 96.1 Å². The van der Waals surface area contributed by atoms with Gasteiger partial charge in [0.2, 0.25) is 5.91 Å². The summed E-state index contributed by atoms with van der Waals surface area (Å²) in [6.07, 6.45) is 7.61. The molecule has 3 fully saturated rings. The lowest BCUT2D eigenvalue weighted by molar-refractivity contribution is -0.137. The minimum absolute atomic E-state index is 0.0698. The number of fused-ring (bicyclic) bond motifs is 7. The third-order valence-electron chi connectivity index (χ3n) is 12.4. The largest absolute Gasteiger partial charge is 0.488 e. The molecule has 5 aromatic rings. The van der Waals surface area contributed by atoms with E-state index in [2.05, 4.69) is 76.6 Å². The van der Waals surface area contributed by atoms with E-state index in [-0.39, 0.29) is 23.9 Å². The summed E-state index contributed by atoms with van der Waals surface area (Å²) in [6.45, 7) is 6.65. The Morgan fingerprint density at radius 3 is 2.65 bits per heavy atom. The molecule has 9 rings (SSSR count). The number of hydrogen-bond donors (Lipinski definition) is 3. The summed E-state index contributed by atoms with van der Waals surface area (Å²) >= 11 is 0. The fourth-order valence-electron chi connectivity index (χ4n) is 9.44. The summed E-state index contributed by atoms with van der Waals surface area (Å²) in [4.78, 5) is 47.9. The van der Waals surface area contributed by atoms with Crippen LogP contribution in [0.4, 0.5) is 4.79 Å². The number of imidazole rings is 2. The van der Waals surface area contributed by atoms with Crippen molar-refractivity contribution in [2.24, 2.45) is 11.8 Å². The molecule has 11 nitrogen and oxygen atoms in total. The molecule has 1 saturated carbocycles. The summed E-state index contributed by atoms with van der Waals surface area (Å²) in [5.41, 5.74) is 7.34. The summed E-state index contributed by atoms with van der Waals surface area (Å²) in [5, 5.41) is 5.06. The fraction of sp³-hybridized carbons (Fsp3) is 0.463. The molecule has 2 aromatic heterocycles. The van der Waals surface area contributed by atoms with Crippen molar-refractivity contribution in [3.8, 4) is 28.1 Å². The summed E-state index contributed by atoms with van der Waals surface area (Å²) in [5.74, 6) is 2.97. The highest BCUT2D eigenvalue weighted by atomic mass is 16.5. The molecule has 2 saturated heterocycles. The molecule has 52 heavy (non-hydrogen) atoms. The molecule has 0 bridgehead atoms. The third-order valence-corrected chi connectivity index (χ3v) is 12.4. The highest BCUT2D eigenvalue weighted by Crippen LogP contribution is 2.48. The molecule has 4 aliphatic rings. The van der Waals surface area contributed by atoms with E-state index in [1.807, 2.05) is 24.9 Å². The number of carbonyl (C=O) groups excluding carboxylic acids is 2. The maximum absolute atomic E-state index is 14.1. The minimum atomic E-state index is -0.671. The molecule has 5 heterocycles. The van der Waals surface area contributed by atoms with E-state index >= 15 is 0 Å². The molecule has 11 heteroatoms. The van der Waals surface area contributed by atoms with Gasteiger partial charge >= 0.3 is 6.09 Å². The van der Waals surface area contributed by atoms with E-state index in [0.717, 1.165) is 99.3 Å². The zero-order valence-corrected chi connectivity index (χ0v) is 30.5. The van der Waals surface area contributed by atoms with Gasteiger partial charge in [0.25, 0.3) is 0 Å². The molecule has 2 amide bonds. The van der Waals surface area contributed by atoms with Crippen LogP contribution in [0, 0.1) is 11.8 Å². The lowest BCUT2D eigenvalue weighted by Crippen LogP contribution is -2.53. The second-order valence-electron chi connectivity index (χ2n) is 15.7. The lowest BCUT2D eigenvalue weighted by atomic mass is 9.92. The molecule has 0 radical (unpaired) electrons. The summed E-state index contributed by atoms with van der Waals surface area (Å²) in [7, 11) is 3.52. The molecule has 0 spiro atoms. The van der Waals surface area contributed by atoms with Gasteiger partial charge in [-0.1, -0.05) is 38.5 Å². The predicted octanol–water partition coefficient (Wildman–Crippen LogP) is 7.64. The number of benzene rings is 3. The van der Waals surface area contributed by atoms with Crippen LogP contribution in [0.15, 0.2) is 48.7 Å². The number of ether oxygens (including phenoxy) is 2. The molecule has 270 valence electrons. The number of alkyl carbamates (subject to hydrolysis) is 1. The number of likely N-dealkylation sites (tertiary alicyclic amines) is 2. The smallest absolute Gasteiger partial charge is 0.407 e. The van der Waals surface area contributed by atoms with Gasteiger partial charge in [0, 0.05) is 23.0 Å². The van der Waals surface area contributed by atoms with Crippen LogP contribution in [0.2, 0.25) is 0 Å². The van der Waals surface area contributed by atoms with Gasteiger partial charge in [-0.3, -0.25) is 9.69 Å². The zero-order valence-electron chi connectivity index (χ0n) is 30.5. The van der Waals surface area contributed by atoms with Gasteiger partial charge in [0.05, 0.1) is 42.1 Å². The third kappa shape index (κ3) is 5.35. The van der Waals surface area contributed by atoms with Gasteiger partial charge in [-0.05, 0) is 104 Å². The molecule has 3 aromatic carbocycles. The van der Waals surface area contributed by atoms with E-state index in [9.17, 15) is 9.59 Å². The van der Waals surface area contributed by atoms with Gasteiger partial charge in [-0.2, -0.15) is 0 Å². The minimum Gasteiger partial charge on any atom is -0.488 e. The van der Waals surface area contributed by atoms with Gasteiger partial charge in [-0.25, -0.2) is 14.8 Å². The quantitative estimate of drug-likeness (QED) is 0.166. The summed E-state index contributed by atoms with van der Waals surface area (Å²) < 4.78 is 11.3. The average molecular weight is 702 g/mol. The number of amides is 2. The highest BCUT2D eigenvalue weighted by molar-refractivity contribution is 6.07. The van der Waals surface area contributed by atoms with Crippen LogP contribution in [0.1, 0.15) is 88.6 Å². The Labute approximate surface area is 303 Å². The van der Waals surface area contributed by atoms with Crippen LogP contribution >= 0.6 is 0 Å². The van der Waals surface area contributed by atoms with Crippen molar-refractivity contribution in [3.63, 3.8) is 0 Å². The fourth-order valence-corrected chi connectivity index (χ4v) is 9.44. The van der Waals surface area contributed by atoms with Crippen molar-refractivity contribution in [1.29, 1.82) is 0 Å². The van der Waals surface area contributed by atoms with Gasteiger partial charge < -0.3 is 29.7 Å². The SMILES string of the molecule is COC(=O)NC(C(=O)N1C(c2ncc(-c3ccc4c(c3)COc3cc5c(ccc6nc(C7CC[C@H](C)N7C)[nH]c65)cc3-4)[nH]2)C[C@@H]2CCC[C@@H]21)C(C)C. The molecule has 1 aliphatic carbocycles. The Hall–Kier alpha value is -4.90. The van der Waals surface area contributed by atoms with Crippen molar-refractivity contribution >= 4 is 33.8 Å². The molecule has 6 atom stereocenters. The lowest BCUT2D eigenvalue weighted by Gasteiger charge is -2.33. The number of carbonyl (C=O) groups is 2. The summed E-state index contributed by atoms with van der Waals surface area (Å²) in [6, 6.07) is 15.4. The maximum atomic E-state index is 14.1. The topological polar surface area (TPSA) is 128 Å². The Balaban J connectivity index is 0.999. The zero-order chi connectivity index (χ0) is 35.8. The van der Waals surface area contributed by atoms with Crippen LogP contribution in [0.5, 0.6) is 5.75 Å². The standard InChI is InChI=1S/C41H47N7O4/c1-21(2)36(46-41(50)51-5)40(49)48-32-8-6-7-25(32)17-34(48)38-42-19-31(44-38)24-10-12-27-26(15-24)20-52-35-18-28-23(16-29(27)35)11-13-30-37(28)45-39(43-30)33-14-9-22(3)47(33)4/h10-13,15-16,18-19,21-22,25,32-34,36H,6-9,14,17,20H2,1-5H3,(H,42,44)(H,43,45)(H,46,50)/t22-,25-,32-,33?,34?,36?/m0/s1. The number of H-pyrrole nitrogens is 2. The van der Waals surface area contributed by atoms with Gasteiger partial charge in [0.1, 0.15) is 30.0 Å². The highest BCUT2D eigenvalue weighted by Gasteiger charge is 2.49. The second kappa shape index (κ2) is 12.6. The number of methoxy groups -OCH3 is 1. The number of aromatic amines is 2. The van der Waals surface area contributed by atoms with Crippen LogP contribution in [0.3, 0.4) is 0 Å². The van der Waals surface area contributed by atoms with E-state index in [1.165, 1.54) is 13.5 Å². The molecular formula is C41H47N7O4. The Morgan fingerprint density at radius 2 is 1.87 bits per heavy atom. The molecule has 3 N–H and O–H groups in total. The van der Waals surface area contributed by atoms with Crippen molar-refractivity contribution in [3.05, 3.63) is 65.9 Å². The molecule has 3 aliphatic heterocycles. The Morgan fingerprint density at radius 1 is 1.00 bits per heavy atom. The van der Waals surface area contributed by atoms with Crippen LogP contribution in [0.25, 0.3) is 44.2 Å². The van der Waals surface area contributed by atoms with E-state index < -0.39 is 12.1 Å². The van der Waals surface area contributed by atoms with Gasteiger partial charge in [-0.15, -0.1) is 0 Å². The first kappa shape index (κ1) is 33.0. The van der Waals surface area contributed by atoms with Crippen molar-refractivity contribution < 1.29 is 19.1 Å². The van der Waals surface area contributed by atoms with E-state index in [1.54, 1.807) is 0 Å². The van der Waals surface area contributed by atoms with Crippen LogP contribution in [-0.4, -0.2) is 74.0 Å². The Kier molecular flexibility index (Phi) is 8.02. The van der Waals surface area contributed by atoms with Crippen LogP contribution < -0.4 is 10.1 Å². The number of nitrogens with zero attached hydrogens (tertiary/aromatic N) is 4. The predicted molar refractivity (Wildman–Crippen MR) is 200 cm³/mol. The maximum Gasteiger partial charge on any atom is 0.407 e. The monoisotopic (exact) mass is 701 g/mol. The van der Waals surface area contributed by atoms with E-state index in [0.29, 0.717) is 24.6 Å². The number of nitrogens with one attached hydrogen (secondary N) is 3. The van der Waals surface area contributed by atoms with E-state index in [4.69, 9.17) is 19.4 Å².